The predicted molar refractivity (Wildman–Crippen MR) is 119 cm³/mol. The predicted octanol–water partition coefficient (Wildman–Crippen LogP) is 4.64. The fourth-order valence-electron chi connectivity index (χ4n) is 2.76. The van der Waals surface area contributed by atoms with Crippen molar-refractivity contribution in [3.8, 4) is 5.75 Å². The summed E-state index contributed by atoms with van der Waals surface area (Å²) >= 11 is 5.86. The number of aryl methyl sites for hydroxylation is 1. The van der Waals surface area contributed by atoms with E-state index in [1.165, 1.54) is 19.2 Å². The van der Waals surface area contributed by atoms with Crippen LogP contribution < -0.4 is 14.8 Å². The average molecular weight is 445 g/mol. The maximum absolute atomic E-state index is 12.8. The van der Waals surface area contributed by atoms with Gasteiger partial charge in [0, 0.05) is 16.4 Å². The summed E-state index contributed by atoms with van der Waals surface area (Å²) in [7, 11) is -2.29. The Kier molecular flexibility index (Phi) is 6.64. The summed E-state index contributed by atoms with van der Waals surface area (Å²) < 4.78 is 33.1. The molecule has 0 unspecified atom stereocenters. The van der Waals surface area contributed by atoms with Gasteiger partial charge < -0.3 is 10.1 Å². The molecule has 0 heterocycles. The van der Waals surface area contributed by atoms with E-state index in [-0.39, 0.29) is 17.2 Å². The van der Waals surface area contributed by atoms with Crippen LogP contribution in [-0.2, 0) is 21.2 Å². The number of amides is 1. The highest BCUT2D eigenvalue weighted by Gasteiger charge is 2.17. The van der Waals surface area contributed by atoms with Gasteiger partial charge in [0.05, 0.1) is 18.4 Å². The summed E-state index contributed by atoms with van der Waals surface area (Å²) in [5.41, 5.74) is 2.40. The highest BCUT2D eigenvalue weighted by molar-refractivity contribution is 7.92. The van der Waals surface area contributed by atoms with Crippen LogP contribution in [0, 0.1) is 6.92 Å². The fraction of sp³-hybridized carbons (Fsp3) is 0.136. The lowest BCUT2D eigenvalue weighted by molar-refractivity contribution is -0.115. The largest absolute Gasteiger partial charge is 0.497 e. The third-order valence-corrected chi connectivity index (χ3v) is 6.04. The van der Waals surface area contributed by atoms with Gasteiger partial charge in [-0.15, -0.1) is 0 Å². The summed E-state index contributed by atoms with van der Waals surface area (Å²) in [5.74, 6) is 0.372. The van der Waals surface area contributed by atoms with Crippen molar-refractivity contribution in [1.29, 1.82) is 0 Å². The van der Waals surface area contributed by atoms with Crippen LogP contribution in [0.2, 0.25) is 5.02 Å². The number of sulfonamides is 1. The molecule has 3 aromatic rings. The fourth-order valence-corrected chi connectivity index (χ4v) is 3.97. The number of anilines is 2. The Bertz CT molecular complexity index is 1140. The van der Waals surface area contributed by atoms with Crippen molar-refractivity contribution in [3.63, 3.8) is 0 Å². The summed E-state index contributed by atoms with van der Waals surface area (Å²) in [5, 5.41) is 3.38. The third-order valence-electron chi connectivity index (χ3n) is 4.41. The number of nitrogens with one attached hydrogen (secondary N) is 2. The minimum Gasteiger partial charge on any atom is -0.497 e. The SMILES string of the molecule is COc1ccc(NS(=O)(=O)c2ccc(C)c(NC(=O)Cc3ccc(Cl)cc3)c2)cc1. The lowest BCUT2D eigenvalue weighted by atomic mass is 10.1. The van der Waals surface area contributed by atoms with Crippen LogP contribution in [0.1, 0.15) is 11.1 Å². The van der Waals surface area contributed by atoms with Gasteiger partial charge in [0.25, 0.3) is 10.0 Å². The van der Waals surface area contributed by atoms with E-state index in [1.54, 1.807) is 61.5 Å². The highest BCUT2D eigenvalue weighted by atomic mass is 35.5. The average Bonchev–Trinajstić information content (AvgIpc) is 2.71. The summed E-state index contributed by atoms with van der Waals surface area (Å²) in [6.07, 6.45) is 0.150. The van der Waals surface area contributed by atoms with E-state index in [2.05, 4.69) is 10.0 Å². The van der Waals surface area contributed by atoms with Gasteiger partial charge in [-0.05, 0) is 66.6 Å². The van der Waals surface area contributed by atoms with Crippen molar-refractivity contribution in [2.24, 2.45) is 0 Å². The van der Waals surface area contributed by atoms with E-state index in [4.69, 9.17) is 16.3 Å². The Labute approximate surface area is 180 Å². The van der Waals surface area contributed by atoms with Crippen LogP contribution in [0.4, 0.5) is 11.4 Å². The van der Waals surface area contributed by atoms with E-state index in [0.717, 1.165) is 11.1 Å². The number of rotatable bonds is 7. The Morgan fingerprint density at radius 2 is 1.67 bits per heavy atom. The first-order valence-electron chi connectivity index (χ1n) is 9.08. The van der Waals surface area contributed by atoms with Gasteiger partial charge in [-0.1, -0.05) is 29.8 Å². The summed E-state index contributed by atoms with van der Waals surface area (Å²) in [4.78, 5) is 12.5. The molecule has 0 saturated heterocycles. The van der Waals surface area contributed by atoms with E-state index in [9.17, 15) is 13.2 Å². The number of hydrogen-bond donors (Lipinski definition) is 2. The smallest absolute Gasteiger partial charge is 0.261 e. The molecule has 0 fully saturated rings. The first kappa shape index (κ1) is 21.7. The molecule has 0 aromatic heterocycles. The Hall–Kier alpha value is -3.03. The normalized spacial score (nSPS) is 11.0. The van der Waals surface area contributed by atoms with E-state index >= 15 is 0 Å². The molecule has 156 valence electrons. The molecule has 0 spiro atoms. The molecule has 3 aromatic carbocycles. The Balaban J connectivity index is 1.75. The minimum atomic E-state index is -3.83. The molecular formula is C22H21ClN2O4S. The van der Waals surface area contributed by atoms with Gasteiger partial charge in [0.1, 0.15) is 5.75 Å². The van der Waals surface area contributed by atoms with Gasteiger partial charge in [0.2, 0.25) is 5.91 Å². The van der Waals surface area contributed by atoms with E-state index in [1.807, 2.05) is 0 Å². The molecule has 0 aliphatic heterocycles. The molecule has 0 aliphatic carbocycles. The highest BCUT2D eigenvalue weighted by Crippen LogP contribution is 2.24. The van der Waals surface area contributed by atoms with E-state index < -0.39 is 10.0 Å². The second-order valence-corrected chi connectivity index (χ2v) is 8.78. The lowest BCUT2D eigenvalue weighted by Gasteiger charge is -2.13. The molecular weight excluding hydrogens is 424 g/mol. The van der Waals surface area contributed by atoms with Crippen molar-refractivity contribution < 1.29 is 17.9 Å². The molecule has 1 amide bonds. The second kappa shape index (κ2) is 9.19. The van der Waals surface area contributed by atoms with Crippen LogP contribution in [0.15, 0.2) is 71.6 Å². The number of ether oxygens (including phenoxy) is 1. The zero-order valence-electron chi connectivity index (χ0n) is 16.5. The number of hydrogen-bond acceptors (Lipinski definition) is 4. The molecule has 8 heteroatoms. The molecule has 3 rings (SSSR count). The van der Waals surface area contributed by atoms with E-state index in [0.29, 0.717) is 22.1 Å². The minimum absolute atomic E-state index is 0.0470. The van der Waals surface area contributed by atoms with Gasteiger partial charge >= 0.3 is 0 Å². The molecule has 0 aliphatic rings. The maximum Gasteiger partial charge on any atom is 0.261 e. The molecule has 0 bridgehead atoms. The summed E-state index contributed by atoms with van der Waals surface area (Å²) in [6.45, 7) is 1.80. The van der Waals surface area contributed by atoms with Crippen LogP contribution in [-0.4, -0.2) is 21.4 Å². The number of halogens is 1. The molecule has 0 saturated carbocycles. The quantitative estimate of drug-likeness (QED) is 0.556. The van der Waals surface area contributed by atoms with Crippen LogP contribution in [0.5, 0.6) is 5.75 Å². The zero-order valence-corrected chi connectivity index (χ0v) is 18.0. The monoisotopic (exact) mass is 444 g/mol. The first-order chi connectivity index (χ1) is 14.3. The number of benzene rings is 3. The first-order valence-corrected chi connectivity index (χ1v) is 10.9. The molecule has 6 nitrogen and oxygen atoms in total. The van der Waals surface area contributed by atoms with Gasteiger partial charge in [-0.3, -0.25) is 9.52 Å². The standard InChI is InChI=1S/C22H21ClN2O4S/c1-15-3-12-20(30(27,28)25-18-8-10-19(29-2)11-9-18)14-21(15)24-22(26)13-16-4-6-17(23)7-5-16/h3-12,14,25H,13H2,1-2H3,(H,24,26). The Morgan fingerprint density at radius 3 is 2.30 bits per heavy atom. The van der Waals surface area contributed by atoms with Gasteiger partial charge in [-0.25, -0.2) is 8.42 Å². The van der Waals surface area contributed by atoms with Gasteiger partial charge in [-0.2, -0.15) is 0 Å². The molecule has 2 N–H and O–H groups in total. The lowest BCUT2D eigenvalue weighted by Crippen LogP contribution is -2.17. The molecule has 0 atom stereocenters. The van der Waals surface area contributed by atoms with Crippen molar-refractivity contribution in [1.82, 2.24) is 0 Å². The van der Waals surface area contributed by atoms with Crippen molar-refractivity contribution in [2.75, 3.05) is 17.1 Å². The molecule has 0 radical (unpaired) electrons. The number of carbonyl (C=O) groups excluding carboxylic acids is 1. The molecule has 30 heavy (non-hydrogen) atoms. The zero-order chi connectivity index (χ0) is 21.7. The van der Waals surface area contributed by atoms with Crippen molar-refractivity contribution in [2.45, 2.75) is 18.2 Å². The van der Waals surface area contributed by atoms with Crippen LogP contribution in [0.25, 0.3) is 0 Å². The van der Waals surface area contributed by atoms with Gasteiger partial charge in [0.15, 0.2) is 0 Å². The Morgan fingerprint density at radius 1 is 1.00 bits per heavy atom. The van der Waals surface area contributed by atoms with Crippen LogP contribution in [0.3, 0.4) is 0 Å². The van der Waals surface area contributed by atoms with Crippen molar-refractivity contribution >= 4 is 38.9 Å². The summed E-state index contributed by atoms with van der Waals surface area (Å²) in [6, 6.07) is 18.1. The maximum atomic E-state index is 12.8. The topological polar surface area (TPSA) is 84.5 Å². The third kappa shape index (κ3) is 5.52. The van der Waals surface area contributed by atoms with Crippen molar-refractivity contribution in [3.05, 3.63) is 82.9 Å². The number of methoxy groups -OCH3 is 1. The second-order valence-electron chi connectivity index (χ2n) is 6.66. The number of carbonyl (C=O) groups is 1. The van der Waals surface area contributed by atoms with Crippen LogP contribution >= 0.6 is 11.6 Å².